The van der Waals surface area contributed by atoms with Crippen molar-refractivity contribution >= 4 is 28.2 Å². The molecule has 1 atom stereocenters. The number of aromatic nitrogens is 1. The summed E-state index contributed by atoms with van der Waals surface area (Å²) in [4.78, 5) is 29.1. The van der Waals surface area contributed by atoms with E-state index in [4.69, 9.17) is 5.73 Å². The fraction of sp³-hybridized carbons (Fsp3) is 0.643. The SMILES string of the molecule is CC(C)[C@H](N)C(=O)Nc1nc2c(s1)C(=O)CC(C)(C)C2. The molecule has 1 heterocycles. The molecular formula is C14H21N3O2S. The molecule has 2 rings (SSSR count). The first-order valence-corrected chi connectivity index (χ1v) is 7.60. The zero-order chi connectivity index (χ0) is 15.1. The van der Waals surface area contributed by atoms with Gasteiger partial charge in [-0.1, -0.05) is 39.0 Å². The maximum absolute atomic E-state index is 12.1. The minimum Gasteiger partial charge on any atom is -0.320 e. The summed E-state index contributed by atoms with van der Waals surface area (Å²) in [5, 5.41) is 3.19. The number of hydrogen-bond donors (Lipinski definition) is 2. The minimum atomic E-state index is -0.567. The largest absolute Gasteiger partial charge is 0.320 e. The third-order valence-electron chi connectivity index (χ3n) is 3.49. The average Bonchev–Trinajstić information content (AvgIpc) is 2.68. The molecule has 0 saturated heterocycles. The van der Waals surface area contributed by atoms with Crippen LogP contribution in [0.1, 0.15) is 49.5 Å². The molecule has 0 fully saturated rings. The smallest absolute Gasteiger partial charge is 0.243 e. The molecule has 5 nitrogen and oxygen atoms in total. The van der Waals surface area contributed by atoms with Crippen LogP contribution < -0.4 is 11.1 Å². The maximum atomic E-state index is 12.1. The van der Waals surface area contributed by atoms with Gasteiger partial charge >= 0.3 is 0 Å². The van der Waals surface area contributed by atoms with E-state index in [1.54, 1.807) is 0 Å². The van der Waals surface area contributed by atoms with E-state index >= 15 is 0 Å². The first-order chi connectivity index (χ1) is 9.19. The van der Waals surface area contributed by atoms with Crippen molar-refractivity contribution in [3.8, 4) is 0 Å². The molecule has 0 saturated carbocycles. The number of nitrogens with zero attached hydrogens (tertiary/aromatic N) is 1. The number of rotatable bonds is 3. The van der Waals surface area contributed by atoms with Crippen molar-refractivity contribution in [3.05, 3.63) is 10.6 Å². The van der Waals surface area contributed by atoms with Crippen LogP contribution in [0.15, 0.2) is 0 Å². The van der Waals surface area contributed by atoms with Gasteiger partial charge in [0.15, 0.2) is 10.9 Å². The van der Waals surface area contributed by atoms with E-state index in [0.29, 0.717) is 16.4 Å². The molecule has 0 aromatic carbocycles. The normalized spacial score (nSPS) is 18.8. The van der Waals surface area contributed by atoms with Crippen LogP contribution in [0.5, 0.6) is 0 Å². The van der Waals surface area contributed by atoms with Crippen molar-refractivity contribution in [1.29, 1.82) is 0 Å². The van der Waals surface area contributed by atoms with Crippen LogP contribution in [0, 0.1) is 11.3 Å². The fourth-order valence-electron chi connectivity index (χ4n) is 2.27. The number of ketones is 1. The van der Waals surface area contributed by atoms with Gasteiger partial charge in [0, 0.05) is 6.42 Å². The van der Waals surface area contributed by atoms with Gasteiger partial charge in [-0.25, -0.2) is 4.98 Å². The molecule has 0 unspecified atom stereocenters. The van der Waals surface area contributed by atoms with Gasteiger partial charge in [0.05, 0.1) is 16.6 Å². The van der Waals surface area contributed by atoms with E-state index in [-0.39, 0.29) is 23.0 Å². The van der Waals surface area contributed by atoms with Crippen LogP contribution in [0.4, 0.5) is 5.13 Å². The molecule has 0 spiro atoms. The lowest BCUT2D eigenvalue weighted by Crippen LogP contribution is -2.39. The van der Waals surface area contributed by atoms with Crippen molar-refractivity contribution in [2.24, 2.45) is 17.1 Å². The first-order valence-electron chi connectivity index (χ1n) is 6.79. The van der Waals surface area contributed by atoms with Crippen molar-refractivity contribution < 1.29 is 9.59 Å². The molecule has 1 aliphatic carbocycles. The van der Waals surface area contributed by atoms with Crippen molar-refractivity contribution in [1.82, 2.24) is 4.98 Å². The number of thiazole rings is 1. The summed E-state index contributed by atoms with van der Waals surface area (Å²) in [5.74, 6) is -0.0784. The molecule has 20 heavy (non-hydrogen) atoms. The van der Waals surface area contributed by atoms with E-state index in [1.165, 1.54) is 11.3 Å². The van der Waals surface area contributed by atoms with Gasteiger partial charge in [-0.05, 0) is 17.8 Å². The minimum absolute atomic E-state index is 0.0603. The van der Waals surface area contributed by atoms with E-state index in [1.807, 2.05) is 13.8 Å². The second-order valence-electron chi connectivity index (χ2n) is 6.49. The highest BCUT2D eigenvalue weighted by atomic mass is 32.1. The van der Waals surface area contributed by atoms with Crippen LogP contribution in [-0.2, 0) is 11.2 Å². The summed E-state index contributed by atoms with van der Waals surface area (Å²) in [6.45, 7) is 7.90. The molecule has 0 aliphatic heterocycles. The second-order valence-corrected chi connectivity index (χ2v) is 7.49. The van der Waals surface area contributed by atoms with Crippen LogP contribution in [-0.4, -0.2) is 22.7 Å². The van der Waals surface area contributed by atoms with Gasteiger partial charge < -0.3 is 11.1 Å². The second kappa shape index (κ2) is 5.26. The summed E-state index contributed by atoms with van der Waals surface area (Å²) >= 11 is 1.25. The molecule has 6 heteroatoms. The van der Waals surface area contributed by atoms with Gasteiger partial charge in [0.2, 0.25) is 5.91 Å². The van der Waals surface area contributed by atoms with Crippen LogP contribution in [0.2, 0.25) is 0 Å². The maximum Gasteiger partial charge on any atom is 0.243 e. The van der Waals surface area contributed by atoms with Crippen LogP contribution in [0.3, 0.4) is 0 Å². The molecule has 1 amide bonds. The fourth-order valence-corrected chi connectivity index (χ4v) is 3.19. The van der Waals surface area contributed by atoms with E-state index < -0.39 is 6.04 Å². The Balaban J connectivity index is 2.17. The van der Waals surface area contributed by atoms with Crippen molar-refractivity contribution in [2.45, 2.75) is 46.6 Å². The summed E-state index contributed by atoms with van der Waals surface area (Å²) in [7, 11) is 0. The number of fused-ring (bicyclic) bond motifs is 1. The average molecular weight is 295 g/mol. The highest BCUT2D eigenvalue weighted by Crippen LogP contribution is 2.38. The number of Topliss-reactive ketones (excluding diaryl/α,β-unsaturated/α-hetero) is 1. The Morgan fingerprint density at radius 3 is 2.65 bits per heavy atom. The summed E-state index contributed by atoms with van der Waals surface area (Å²) in [6.07, 6.45) is 1.29. The number of nitrogens with two attached hydrogens (primary N) is 1. The molecule has 0 bridgehead atoms. The predicted octanol–water partition coefficient (Wildman–Crippen LogP) is 2.22. The molecular weight excluding hydrogens is 274 g/mol. The molecule has 1 aromatic heterocycles. The lowest BCUT2D eigenvalue weighted by atomic mass is 9.78. The van der Waals surface area contributed by atoms with Crippen molar-refractivity contribution in [3.63, 3.8) is 0 Å². The Hall–Kier alpha value is -1.27. The highest BCUT2D eigenvalue weighted by Gasteiger charge is 2.34. The number of carbonyl (C=O) groups excluding carboxylic acids is 2. The predicted molar refractivity (Wildman–Crippen MR) is 80.0 cm³/mol. The van der Waals surface area contributed by atoms with Gasteiger partial charge in [0.1, 0.15) is 0 Å². The van der Waals surface area contributed by atoms with Gasteiger partial charge in [-0.3, -0.25) is 9.59 Å². The van der Waals surface area contributed by atoms with Gasteiger partial charge in [-0.2, -0.15) is 0 Å². The third-order valence-corrected chi connectivity index (χ3v) is 4.54. The van der Waals surface area contributed by atoms with Crippen molar-refractivity contribution in [2.75, 3.05) is 5.32 Å². The molecule has 110 valence electrons. The lowest BCUT2D eigenvalue weighted by Gasteiger charge is -2.26. The van der Waals surface area contributed by atoms with Gasteiger partial charge in [0.25, 0.3) is 0 Å². The monoisotopic (exact) mass is 295 g/mol. The number of amides is 1. The standard InChI is InChI=1S/C14H21N3O2S/c1-7(2)10(15)12(19)17-13-16-8-5-14(3,4)6-9(18)11(8)20-13/h7,10H,5-6,15H2,1-4H3,(H,16,17,19)/t10-/m0/s1. The van der Waals surface area contributed by atoms with E-state index in [2.05, 4.69) is 24.1 Å². The number of hydrogen-bond acceptors (Lipinski definition) is 5. The Morgan fingerprint density at radius 1 is 1.40 bits per heavy atom. The van der Waals surface area contributed by atoms with Crippen LogP contribution in [0.25, 0.3) is 0 Å². The van der Waals surface area contributed by atoms with Crippen LogP contribution >= 0.6 is 11.3 Å². The van der Waals surface area contributed by atoms with E-state index in [9.17, 15) is 9.59 Å². The summed E-state index contributed by atoms with van der Waals surface area (Å²) in [5.41, 5.74) is 6.53. The van der Waals surface area contributed by atoms with Gasteiger partial charge in [-0.15, -0.1) is 0 Å². The molecule has 3 N–H and O–H groups in total. The zero-order valence-corrected chi connectivity index (χ0v) is 13.1. The molecule has 0 radical (unpaired) electrons. The molecule has 1 aromatic rings. The Kier molecular flexibility index (Phi) is 3.97. The quantitative estimate of drug-likeness (QED) is 0.895. The summed E-state index contributed by atoms with van der Waals surface area (Å²) in [6, 6.07) is -0.567. The topological polar surface area (TPSA) is 85.1 Å². The third kappa shape index (κ3) is 3.07. The Labute approximate surface area is 123 Å². The number of carbonyl (C=O) groups is 2. The first kappa shape index (κ1) is 15.1. The summed E-state index contributed by atoms with van der Waals surface area (Å²) < 4.78 is 0. The Bertz CT molecular complexity index is 549. The number of anilines is 1. The highest BCUT2D eigenvalue weighted by molar-refractivity contribution is 7.17. The Morgan fingerprint density at radius 2 is 2.05 bits per heavy atom. The molecule has 1 aliphatic rings. The van der Waals surface area contributed by atoms with E-state index in [0.717, 1.165) is 12.1 Å². The number of nitrogens with one attached hydrogen (secondary N) is 1. The zero-order valence-electron chi connectivity index (χ0n) is 12.3. The lowest BCUT2D eigenvalue weighted by molar-refractivity contribution is -0.118.